The Bertz CT molecular complexity index is 1520. The molecule has 29 heavy (non-hydrogen) atoms. The fourth-order valence-corrected chi connectivity index (χ4v) is 3.86. The second-order valence-electron chi connectivity index (χ2n) is 7.28. The molecular weight excluding hydrogens is 366 g/mol. The molecule has 0 saturated carbocycles. The largest absolute Gasteiger partial charge is 0.329 e. The van der Waals surface area contributed by atoms with Crippen molar-refractivity contribution in [3.8, 4) is 16.9 Å². The molecule has 0 fully saturated rings. The van der Waals surface area contributed by atoms with Crippen LogP contribution in [0.3, 0.4) is 0 Å². The van der Waals surface area contributed by atoms with E-state index in [2.05, 4.69) is 37.0 Å². The van der Waals surface area contributed by atoms with E-state index in [1.807, 2.05) is 41.1 Å². The lowest BCUT2D eigenvalue weighted by Gasteiger charge is -2.12. The van der Waals surface area contributed by atoms with Crippen molar-refractivity contribution in [2.45, 2.75) is 13.8 Å². The van der Waals surface area contributed by atoms with Crippen LogP contribution in [0.25, 0.3) is 33.9 Å². The number of nitrogens with zero attached hydrogens (tertiary/aromatic N) is 4. The van der Waals surface area contributed by atoms with Gasteiger partial charge in [0.2, 0.25) is 5.78 Å². The Morgan fingerprint density at radius 1 is 1.00 bits per heavy atom. The van der Waals surface area contributed by atoms with Crippen LogP contribution >= 0.6 is 0 Å². The second-order valence-corrected chi connectivity index (χ2v) is 7.28. The van der Waals surface area contributed by atoms with Crippen LogP contribution in [0.5, 0.6) is 0 Å². The zero-order chi connectivity index (χ0) is 20.3. The Morgan fingerprint density at radius 2 is 1.76 bits per heavy atom. The van der Waals surface area contributed by atoms with E-state index in [0.717, 1.165) is 22.5 Å². The van der Waals surface area contributed by atoms with Crippen LogP contribution in [0, 0.1) is 13.8 Å². The number of hydrogen-bond donors (Lipinski definition) is 1. The molecule has 2 aromatic carbocycles. The fourth-order valence-electron chi connectivity index (χ4n) is 3.86. The molecular formula is C22H19N5O2. The maximum absolute atomic E-state index is 12.6. The zero-order valence-corrected chi connectivity index (χ0v) is 16.3. The first-order valence-electron chi connectivity index (χ1n) is 9.31. The van der Waals surface area contributed by atoms with Crippen LogP contribution in [0.4, 0.5) is 0 Å². The molecule has 0 radical (unpaired) electrons. The molecule has 7 heteroatoms. The molecule has 0 unspecified atom stereocenters. The summed E-state index contributed by atoms with van der Waals surface area (Å²) in [6, 6.07) is 16.2. The maximum Gasteiger partial charge on any atom is 0.329 e. The lowest BCUT2D eigenvalue weighted by molar-refractivity contribution is 0.831. The first-order valence-corrected chi connectivity index (χ1v) is 9.31. The molecule has 3 heterocycles. The smallest absolute Gasteiger partial charge is 0.279 e. The molecule has 3 aromatic heterocycles. The van der Waals surface area contributed by atoms with Crippen molar-refractivity contribution in [2.24, 2.45) is 7.05 Å². The van der Waals surface area contributed by atoms with Gasteiger partial charge < -0.3 is 0 Å². The van der Waals surface area contributed by atoms with E-state index in [-0.39, 0.29) is 0 Å². The summed E-state index contributed by atoms with van der Waals surface area (Å²) in [6.07, 6.45) is 1.90. The van der Waals surface area contributed by atoms with Crippen molar-refractivity contribution in [2.75, 3.05) is 0 Å². The molecule has 5 aromatic rings. The number of aryl methyl sites for hydroxylation is 3. The molecule has 0 aliphatic heterocycles. The highest BCUT2D eigenvalue weighted by atomic mass is 16.2. The van der Waals surface area contributed by atoms with Gasteiger partial charge in [-0.1, -0.05) is 48.0 Å². The number of hydrogen-bond acceptors (Lipinski definition) is 3. The number of imidazole rings is 2. The standard InChI is InChI=1S/C22H19N5O2/c1-13-9-10-16(14(2)11-13)27-17(15-7-5-4-6-8-15)12-26-18-19(23-21(26)27)25(3)22(29)24-20(18)28/h4-12H,1-3H3,(H,24,28,29). The SMILES string of the molecule is Cc1ccc(-n2c(-c3ccccc3)cn3c4c(=O)[nH]c(=O)n(C)c4nc23)c(C)c1. The molecule has 5 rings (SSSR count). The van der Waals surface area contributed by atoms with E-state index in [1.165, 1.54) is 10.1 Å². The van der Waals surface area contributed by atoms with Crippen molar-refractivity contribution in [1.29, 1.82) is 0 Å². The Hall–Kier alpha value is -3.87. The maximum atomic E-state index is 12.6. The molecule has 0 amide bonds. The molecule has 7 nitrogen and oxygen atoms in total. The lowest BCUT2D eigenvalue weighted by atomic mass is 10.1. The van der Waals surface area contributed by atoms with Gasteiger partial charge in [0, 0.05) is 18.8 Å². The molecule has 0 atom stereocenters. The topological polar surface area (TPSA) is 77.1 Å². The predicted octanol–water partition coefficient (Wildman–Crippen LogP) is 2.95. The minimum absolute atomic E-state index is 0.350. The number of H-pyrrole nitrogens is 1. The van der Waals surface area contributed by atoms with Crippen molar-refractivity contribution in [3.05, 3.63) is 86.7 Å². The van der Waals surface area contributed by atoms with Crippen molar-refractivity contribution in [3.63, 3.8) is 0 Å². The Labute approximate surface area is 165 Å². The quantitative estimate of drug-likeness (QED) is 0.508. The van der Waals surface area contributed by atoms with E-state index in [1.54, 1.807) is 11.4 Å². The van der Waals surface area contributed by atoms with Crippen molar-refractivity contribution < 1.29 is 0 Å². The van der Waals surface area contributed by atoms with Gasteiger partial charge in [0.05, 0.1) is 11.4 Å². The third-order valence-corrected chi connectivity index (χ3v) is 5.29. The van der Waals surface area contributed by atoms with Gasteiger partial charge in [-0.25, -0.2) is 4.79 Å². The molecule has 144 valence electrons. The van der Waals surface area contributed by atoms with E-state index < -0.39 is 11.2 Å². The first-order chi connectivity index (χ1) is 14.0. The molecule has 0 spiro atoms. The number of aromatic amines is 1. The molecule has 0 aliphatic rings. The number of benzene rings is 2. The lowest BCUT2D eigenvalue weighted by Crippen LogP contribution is -2.28. The van der Waals surface area contributed by atoms with E-state index in [9.17, 15) is 9.59 Å². The number of rotatable bonds is 2. The summed E-state index contributed by atoms with van der Waals surface area (Å²) in [5.74, 6) is 0.581. The van der Waals surface area contributed by atoms with Gasteiger partial charge in [-0.15, -0.1) is 0 Å². The van der Waals surface area contributed by atoms with Gasteiger partial charge in [-0.05, 0) is 25.5 Å². The molecule has 0 aliphatic carbocycles. The van der Waals surface area contributed by atoms with E-state index >= 15 is 0 Å². The minimum Gasteiger partial charge on any atom is -0.279 e. The number of fused-ring (bicyclic) bond motifs is 3. The highest BCUT2D eigenvalue weighted by Gasteiger charge is 2.21. The van der Waals surface area contributed by atoms with Crippen molar-refractivity contribution >= 4 is 16.9 Å². The third-order valence-electron chi connectivity index (χ3n) is 5.29. The third kappa shape index (κ3) is 2.47. The Morgan fingerprint density at radius 3 is 2.48 bits per heavy atom. The molecule has 1 N–H and O–H groups in total. The van der Waals surface area contributed by atoms with Crippen LogP contribution in [-0.2, 0) is 7.05 Å². The van der Waals surface area contributed by atoms with Gasteiger partial charge in [0.1, 0.15) is 0 Å². The predicted molar refractivity (Wildman–Crippen MR) is 113 cm³/mol. The van der Waals surface area contributed by atoms with Crippen LogP contribution in [0.2, 0.25) is 0 Å². The summed E-state index contributed by atoms with van der Waals surface area (Å²) in [5.41, 5.74) is 4.93. The second kappa shape index (κ2) is 6.07. The fraction of sp³-hybridized carbons (Fsp3) is 0.136. The van der Waals surface area contributed by atoms with Gasteiger partial charge in [-0.3, -0.25) is 23.3 Å². The van der Waals surface area contributed by atoms with Crippen LogP contribution in [0.1, 0.15) is 11.1 Å². The summed E-state index contributed by atoms with van der Waals surface area (Å²) < 4.78 is 5.15. The monoisotopic (exact) mass is 385 g/mol. The van der Waals surface area contributed by atoms with Crippen LogP contribution < -0.4 is 11.2 Å². The Balaban J connectivity index is 1.98. The van der Waals surface area contributed by atoms with E-state index in [4.69, 9.17) is 4.98 Å². The van der Waals surface area contributed by atoms with Crippen molar-refractivity contribution in [1.82, 2.24) is 23.5 Å². The molecule has 0 bridgehead atoms. The summed E-state index contributed by atoms with van der Waals surface area (Å²) in [7, 11) is 1.60. The number of nitrogens with one attached hydrogen (secondary N) is 1. The summed E-state index contributed by atoms with van der Waals surface area (Å²) >= 11 is 0. The Kier molecular flexibility index (Phi) is 3.61. The average molecular weight is 385 g/mol. The van der Waals surface area contributed by atoms with Gasteiger partial charge in [-0.2, -0.15) is 4.98 Å². The van der Waals surface area contributed by atoms with Gasteiger partial charge >= 0.3 is 5.69 Å². The summed E-state index contributed by atoms with van der Waals surface area (Å²) in [6.45, 7) is 4.11. The van der Waals surface area contributed by atoms with E-state index in [0.29, 0.717) is 16.9 Å². The molecule has 0 saturated heterocycles. The average Bonchev–Trinajstić information content (AvgIpc) is 3.24. The summed E-state index contributed by atoms with van der Waals surface area (Å²) in [4.78, 5) is 31.7. The number of aromatic nitrogens is 5. The van der Waals surface area contributed by atoms with Crippen LogP contribution in [-0.4, -0.2) is 23.5 Å². The van der Waals surface area contributed by atoms with Gasteiger partial charge in [0.25, 0.3) is 5.56 Å². The highest BCUT2D eigenvalue weighted by molar-refractivity contribution is 5.79. The zero-order valence-electron chi connectivity index (χ0n) is 16.3. The summed E-state index contributed by atoms with van der Waals surface area (Å²) in [5, 5.41) is 0. The minimum atomic E-state index is -0.482. The highest BCUT2D eigenvalue weighted by Crippen LogP contribution is 2.30. The van der Waals surface area contributed by atoms with Crippen LogP contribution in [0.15, 0.2) is 64.3 Å². The normalized spacial score (nSPS) is 11.6. The first kappa shape index (κ1) is 17.2. The van der Waals surface area contributed by atoms with Gasteiger partial charge in [0.15, 0.2) is 11.2 Å².